The average molecular weight is 563 g/mol. The van der Waals surface area contributed by atoms with Crippen LogP contribution >= 0.6 is 0 Å². The first-order chi connectivity index (χ1) is 21.8. The summed E-state index contributed by atoms with van der Waals surface area (Å²) in [5, 5.41) is 2.51. The second kappa shape index (κ2) is 11.1. The van der Waals surface area contributed by atoms with Crippen molar-refractivity contribution in [3.8, 4) is 33.4 Å². The molecule has 208 valence electrons. The molecule has 8 aromatic rings. The van der Waals surface area contributed by atoms with E-state index in [1.165, 1.54) is 49.7 Å². The third-order valence-electron chi connectivity index (χ3n) is 8.43. The summed E-state index contributed by atoms with van der Waals surface area (Å²) in [6.07, 6.45) is 0. The van der Waals surface area contributed by atoms with Gasteiger partial charge in [-0.25, -0.2) is 0 Å². The van der Waals surface area contributed by atoms with Gasteiger partial charge in [-0.3, -0.25) is 0 Å². The zero-order valence-corrected chi connectivity index (χ0v) is 24.2. The fraction of sp³-hybridized carbons (Fsp3) is 0. The quantitative estimate of drug-likeness (QED) is 0.214. The number of H-pyrrole nitrogens is 1. The topological polar surface area (TPSA) is 19.0 Å². The van der Waals surface area contributed by atoms with Crippen LogP contribution < -0.4 is 4.90 Å². The van der Waals surface area contributed by atoms with Crippen molar-refractivity contribution in [2.45, 2.75) is 0 Å². The molecule has 0 fully saturated rings. The first-order valence-electron chi connectivity index (χ1n) is 15.0. The lowest BCUT2D eigenvalue weighted by atomic mass is 10.0. The van der Waals surface area contributed by atoms with Gasteiger partial charge >= 0.3 is 0 Å². The smallest absolute Gasteiger partial charge is 0.0465 e. The molecule has 2 heteroatoms. The number of hydrogen-bond donors (Lipinski definition) is 1. The van der Waals surface area contributed by atoms with Gasteiger partial charge in [0.2, 0.25) is 0 Å². The second-order valence-corrected chi connectivity index (χ2v) is 11.1. The van der Waals surface area contributed by atoms with Crippen LogP contribution in [-0.2, 0) is 0 Å². The van der Waals surface area contributed by atoms with Crippen molar-refractivity contribution in [3.63, 3.8) is 0 Å². The molecule has 0 saturated heterocycles. The summed E-state index contributed by atoms with van der Waals surface area (Å²) in [4.78, 5) is 5.87. The number of para-hydroxylation sites is 1. The minimum Gasteiger partial charge on any atom is -0.355 e. The summed E-state index contributed by atoms with van der Waals surface area (Å²) in [5.41, 5.74) is 12.9. The van der Waals surface area contributed by atoms with Gasteiger partial charge in [0.15, 0.2) is 0 Å². The van der Waals surface area contributed by atoms with Gasteiger partial charge in [-0.1, -0.05) is 121 Å². The van der Waals surface area contributed by atoms with Crippen molar-refractivity contribution in [2.75, 3.05) is 4.90 Å². The molecular formula is C42H30N2. The van der Waals surface area contributed by atoms with Crippen LogP contribution in [0.1, 0.15) is 0 Å². The molecule has 0 amide bonds. The average Bonchev–Trinajstić information content (AvgIpc) is 3.48. The number of nitrogens with one attached hydrogen (secondary N) is 1. The zero-order valence-electron chi connectivity index (χ0n) is 24.2. The predicted octanol–water partition coefficient (Wildman–Crippen LogP) is 11.8. The SMILES string of the molecule is c1ccc(-c2ccc(N(c3ccc(-c4ccccc4)cc3)c3ccc(-c4ccc5[nH]c6ccccc6c5c4)cc3)cc2)cc1. The van der Waals surface area contributed by atoms with E-state index in [4.69, 9.17) is 0 Å². The van der Waals surface area contributed by atoms with E-state index < -0.39 is 0 Å². The Morgan fingerprint density at radius 2 is 0.682 bits per heavy atom. The molecule has 1 aromatic heterocycles. The molecule has 0 spiro atoms. The highest BCUT2D eigenvalue weighted by Gasteiger charge is 2.14. The van der Waals surface area contributed by atoms with E-state index in [1.807, 2.05) is 0 Å². The molecule has 1 N–H and O–H groups in total. The van der Waals surface area contributed by atoms with Crippen LogP contribution in [0.15, 0.2) is 176 Å². The zero-order chi connectivity index (χ0) is 29.3. The summed E-state index contributed by atoms with van der Waals surface area (Å²) in [7, 11) is 0. The van der Waals surface area contributed by atoms with Crippen LogP contribution in [0.2, 0.25) is 0 Å². The molecule has 0 atom stereocenters. The largest absolute Gasteiger partial charge is 0.355 e. The lowest BCUT2D eigenvalue weighted by molar-refractivity contribution is 1.28. The number of aromatic nitrogens is 1. The van der Waals surface area contributed by atoms with Crippen LogP contribution in [-0.4, -0.2) is 4.98 Å². The van der Waals surface area contributed by atoms with Crippen LogP contribution in [0, 0.1) is 0 Å². The molecule has 0 unspecified atom stereocenters. The third kappa shape index (κ3) is 4.83. The Kier molecular flexibility index (Phi) is 6.51. The van der Waals surface area contributed by atoms with Gasteiger partial charge < -0.3 is 9.88 Å². The van der Waals surface area contributed by atoms with Crippen LogP contribution in [0.25, 0.3) is 55.2 Å². The Hall–Kier alpha value is -5.86. The first kappa shape index (κ1) is 25.8. The normalized spacial score (nSPS) is 11.2. The number of nitrogens with zero attached hydrogens (tertiary/aromatic N) is 1. The van der Waals surface area contributed by atoms with Gasteiger partial charge in [0.05, 0.1) is 0 Å². The first-order valence-corrected chi connectivity index (χ1v) is 15.0. The van der Waals surface area contributed by atoms with E-state index in [0.29, 0.717) is 0 Å². The van der Waals surface area contributed by atoms with E-state index in [-0.39, 0.29) is 0 Å². The fourth-order valence-corrected chi connectivity index (χ4v) is 6.14. The molecule has 0 radical (unpaired) electrons. The van der Waals surface area contributed by atoms with Gasteiger partial charge in [0, 0.05) is 38.9 Å². The maximum atomic E-state index is 3.54. The van der Waals surface area contributed by atoms with Crippen molar-refractivity contribution < 1.29 is 0 Å². The van der Waals surface area contributed by atoms with E-state index in [0.717, 1.165) is 22.6 Å². The second-order valence-electron chi connectivity index (χ2n) is 11.1. The van der Waals surface area contributed by atoms with Crippen LogP contribution in [0.5, 0.6) is 0 Å². The number of benzene rings is 7. The molecule has 2 nitrogen and oxygen atoms in total. The minimum atomic E-state index is 1.11. The van der Waals surface area contributed by atoms with E-state index in [9.17, 15) is 0 Å². The molecule has 0 aliphatic heterocycles. The molecular weight excluding hydrogens is 532 g/mol. The summed E-state index contributed by atoms with van der Waals surface area (Å²) in [6, 6.07) is 62.9. The van der Waals surface area contributed by atoms with Gasteiger partial charge in [0.25, 0.3) is 0 Å². The number of hydrogen-bond acceptors (Lipinski definition) is 1. The molecule has 1 heterocycles. The fourth-order valence-electron chi connectivity index (χ4n) is 6.14. The van der Waals surface area contributed by atoms with Gasteiger partial charge in [-0.2, -0.15) is 0 Å². The molecule has 0 bridgehead atoms. The Bertz CT molecular complexity index is 2090. The van der Waals surface area contributed by atoms with Crippen LogP contribution in [0.3, 0.4) is 0 Å². The number of fused-ring (bicyclic) bond motifs is 3. The lowest BCUT2D eigenvalue weighted by Gasteiger charge is -2.26. The Morgan fingerprint density at radius 1 is 0.295 bits per heavy atom. The molecule has 44 heavy (non-hydrogen) atoms. The van der Waals surface area contributed by atoms with Gasteiger partial charge in [-0.15, -0.1) is 0 Å². The lowest BCUT2D eigenvalue weighted by Crippen LogP contribution is -2.09. The van der Waals surface area contributed by atoms with E-state index >= 15 is 0 Å². The Morgan fingerprint density at radius 3 is 1.20 bits per heavy atom. The van der Waals surface area contributed by atoms with Crippen LogP contribution in [0.4, 0.5) is 17.1 Å². The van der Waals surface area contributed by atoms with Crippen molar-refractivity contribution >= 4 is 38.9 Å². The number of rotatable bonds is 6. The van der Waals surface area contributed by atoms with Gasteiger partial charge in [-0.05, 0) is 88.0 Å². The predicted molar refractivity (Wildman–Crippen MR) is 187 cm³/mol. The summed E-state index contributed by atoms with van der Waals surface area (Å²) in [6.45, 7) is 0. The highest BCUT2D eigenvalue weighted by molar-refractivity contribution is 6.08. The van der Waals surface area contributed by atoms with E-state index in [1.54, 1.807) is 0 Å². The summed E-state index contributed by atoms with van der Waals surface area (Å²) in [5.74, 6) is 0. The number of anilines is 3. The summed E-state index contributed by atoms with van der Waals surface area (Å²) >= 11 is 0. The maximum absolute atomic E-state index is 3.54. The highest BCUT2D eigenvalue weighted by atomic mass is 15.1. The monoisotopic (exact) mass is 562 g/mol. The summed E-state index contributed by atoms with van der Waals surface area (Å²) < 4.78 is 0. The Labute approximate surface area is 257 Å². The number of aromatic amines is 1. The molecule has 0 aliphatic rings. The Balaban J connectivity index is 1.17. The van der Waals surface area contributed by atoms with Crippen molar-refractivity contribution in [3.05, 3.63) is 176 Å². The van der Waals surface area contributed by atoms with E-state index in [2.05, 4.69) is 186 Å². The molecule has 8 rings (SSSR count). The maximum Gasteiger partial charge on any atom is 0.0465 e. The van der Waals surface area contributed by atoms with Gasteiger partial charge in [0.1, 0.15) is 0 Å². The van der Waals surface area contributed by atoms with Crippen molar-refractivity contribution in [1.82, 2.24) is 4.98 Å². The van der Waals surface area contributed by atoms with Crippen molar-refractivity contribution in [1.29, 1.82) is 0 Å². The molecule has 7 aromatic carbocycles. The molecule has 0 aliphatic carbocycles. The third-order valence-corrected chi connectivity index (χ3v) is 8.43. The minimum absolute atomic E-state index is 1.11. The standard InChI is InChI=1S/C42H30N2/c1-3-9-30(10-4-1)32-15-22-36(23-16-32)44(37-24-17-33(18-25-37)31-11-5-2-6-12-31)38-26-19-34(20-27-38)35-21-28-42-40(29-35)39-13-7-8-14-41(39)43-42/h1-29,43H. The molecule has 0 saturated carbocycles. The van der Waals surface area contributed by atoms with Crippen molar-refractivity contribution in [2.24, 2.45) is 0 Å². The highest BCUT2D eigenvalue weighted by Crippen LogP contribution is 2.38.